The molecule has 2 fully saturated rings. The van der Waals surface area contributed by atoms with Crippen molar-refractivity contribution in [3.05, 3.63) is 48.0 Å². The number of likely N-dealkylation sites (tertiary alicyclic amines) is 2. The average Bonchev–Trinajstić information content (AvgIpc) is 2.74. The van der Waals surface area contributed by atoms with Gasteiger partial charge in [0.2, 0.25) is 5.91 Å². The van der Waals surface area contributed by atoms with Crippen LogP contribution in [0.5, 0.6) is 0 Å². The Hall–Kier alpha value is -1.61. The Morgan fingerprint density at radius 1 is 1.23 bits per heavy atom. The molecule has 1 aromatic rings. The number of rotatable bonds is 6. The van der Waals surface area contributed by atoms with Gasteiger partial charge >= 0.3 is 0 Å². The first-order chi connectivity index (χ1) is 14.4. The molecule has 31 heavy (non-hydrogen) atoms. The van der Waals surface area contributed by atoms with Crippen molar-refractivity contribution < 1.29 is 4.79 Å². The summed E-state index contributed by atoms with van der Waals surface area (Å²) in [6.45, 7) is 11.0. The van der Waals surface area contributed by atoms with Crippen molar-refractivity contribution in [2.75, 3.05) is 46.8 Å². The predicted molar refractivity (Wildman–Crippen MR) is 139 cm³/mol. The molecule has 0 aliphatic carbocycles. The molecular formula is C24H38IN5O. The van der Waals surface area contributed by atoms with Gasteiger partial charge in [-0.2, -0.15) is 0 Å². The molecule has 0 radical (unpaired) electrons. The van der Waals surface area contributed by atoms with E-state index in [1.54, 1.807) is 19.0 Å². The van der Waals surface area contributed by atoms with E-state index in [4.69, 9.17) is 0 Å². The summed E-state index contributed by atoms with van der Waals surface area (Å²) in [4.78, 5) is 23.3. The number of benzene rings is 1. The number of likely N-dealkylation sites (N-methyl/N-ethyl adjacent to an activating group) is 1. The van der Waals surface area contributed by atoms with Crippen molar-refractivity contribution in [3.8, 4) is 0 Å². The molecule has 2 aliphatic rings. The normalized spacial score (nSPS) is 21.6. The minimum atomic E-state index is 0. The third-order valence-corrected chi connectivity index (χ3v) is 6.12. The first-order valence-electron chi connectivity index (χ1n) is 11.1. The number of hydrogen-bond acceptors (Lipinski definition) is 3. The number of guanidine groups is 1. The molecule has 2 aliphatic heterocycles. The SMILES string of the molecule is C=C(C)CNC(=NCC(=O)N(C)C)N1CCC2C(CCCN2Cc2ccccc2)C1.I. The van der Waals surface area contributed by atoms with E-state index in [1.807, 2.05) is 6.92 Å². The molecule has 3 rings (SSSR count). The summed E-state index contributed by atoms with van der Waals surface area (Å²) < 4.78 is 0. The number of piperidine rings is 2. The van der Waals surface area contributed by atoms with Crippen LogP contribution < -0.4 is 5.32 Å². The summed E-state index contributed by atoms with van der Waals surface area (Å²) in [6.07, 6.45) is 3.64. The number of nitrogens with zero attached hydrogens (tertiary/aromatic N) is 4. The van der Waals surface area contributed by atoms with E-state index in [-0.39, 0.29) is 36.4 Å². The highest BCUT2D eigenvalue weighted by Crippen LogP contribution is 2.31. The van der Waals surface area contributed by atoms with Crippen LogP contribution in [0.3, 0.4) is 0 Å². The predicted octanol–water partition coefficient (Wildman–Crippen LogP) is 3.20. The molecule has 2 heterocycles. The van der Waals surface area contributed by atoms with Crippen LogP contribution in [0.2, 0.25) is 0 Å². The lowest BCUT2D eigenvalue weighted by Gasteiger charge is -2.48. The van der Waals surface area contributed by atoms with Gasteiger partial charge in [-0.3, -0.25) is 9.69 Å². The van der Waals surface area contributed by atoms with Crippen LogP contribution in [0, 0.1) is 5.92 Å². The zero-order valence-electron chi connectivity index (χ0n) is 19.2. The van der Waals surface area contributed by atoms with Crippen molar-refractivity contribution in [2.45, 2.75) is 38.8 Å². The van der Waals surface area contributed by atoms with E-state index in [2.05, 4.69) is 57.0 Å². The highest BCUT2D eigenvalue weighted by molar-refractivity contribution is 14.0. The fourth-order valence-electron chi connectivity index (χ4n) is 4.49. The number of carbonyl (C=O) groups excluding carboxylic acids is 1. The number of hydrogen-bond donors (Lipinski definition) is 1. The number of amides is 1. The fourth-order valence-corrected chi connectivity index (χ4v) is 4.49. The Morgan fingerprint density at radius 2 is 1.97 bits per heavy atom. The maximum atomic E-state index is 12.1. The van der Waals surface area contributed by atoms with Crippen LogP contribution in [-0.4, -0.2) is 79.4 Å². The molecule has 7 heteroatoms. The van der Waals surface area contributed by atoms with Gasteiger partial charge in [0.05, 0.1) is 0 Å². The molecule has 2 unspecified atom stereocenters. The average molecular weight is 540 g/mol. The number of carbonyl (C=O) groups is 1. The topological polar surface area (TPSA) is 51.2 Å². The molecule has 0 saturated carbocycles. The minimum absolute atomic E-state index is 0. The molecule has 2 atom stereocenters. The summed E-state index contributed by atoms with van der Waals surface area (Å²) in [5.74, 6) is 1.50. The van der Waals surface area contributed by atoms with Crippen molar-refractivity contribution in [2.24, 2.45) is 10.9 Å². The second-order valence-corrected chi connectivity index (χ2v) is 8.90. The Kier molecular flexibility index (Phi) is 10.3. The van der Waals surface area contributed by atoms with Gasteiger partial charge in [-0.1, -0.05) is 42.5 Å². The largest absolute Gasteiger partial charge is 0.353 e. The Labute approximate surface area is 204 Å². The lowest BCUT2D eigenvalue weighted by Crippen LogP contribution is -2.56. The van der Waals surface area contributed by atoms with E-state index in [0.717, 1.165) is 37.6 Å². The number of nitrogens with one attached hydrogen (secondary N) is 1. The van der Waals surface area contributed by atoms with Gasteiger partial charge in [-0.25, -0.2) is 4.99 Å². The van der Waals surface area contributed by atoms with Crippen LogP contribution in [0.1, 0.15) is 31.7 Å². The summed E-state index contributed by atoms with van der Waals surface area (Å²) >= 11 is 0. The van der Waals surface area contributed by atoms with Gasteiger partial charge in [0, 0.05) is 46.3 Å². The molecule has 0 spiro atoms. The van der Waals surface area contributed by atoms with E-state index in [0.29, 0.717) is 18.5 Å². The highest BCUT2D eigenvalue weighted by atomic mass is 127. The number of fused-ring (bicyclic) bond motifs is 1. The van der Waals surface area contributed by atoms with Crippen LogP contribution in [0.25, 0.3) is 0 Å². The molecule has 2 saturated heterocycles. The standard InChI is InChI=1S/C24H37N5O.HI/c1-19(2)15-25-24(26-16-23(30)27(3)4)29-14-12-22-21(18-29)11-8-13-28(22)17-20-9-6-5-7-10-20;/h5-7,9-10,21-22H,1,8,11-18H2,2-4H3,(H,25,26);1H. The summed E-state index contributed by atoms with van der Waals surface area (Å²) in [5, 5.41) is 3.42. The zero-order chi connectivity index (χ0) is 21.5. The molecule has 172 valence electrons. The highest BCUT2D eigenvalue weighted by Gasteiger charge is 2.36. The molecule has 1 amide bonds. The number of aliphatic imine (C=N–C) groups is 1. The minimum Gasteiger partial charge on any atom is -0.353 e. The van der Waals surface area contributed by atoms with E-state index >= 15 is 0 Å². The quantitative estimate of drug-likeness (QED) is 0.261. The lowest BCUT2D eigenvalue weighted by molar-refractivity contribution is -0.127. The third kappa shape index (κ3) is 7.49. The molecule has 6 nitrogen and oxygen atoms in total. The maximum absolute atomic E-state index is 12.1. The van der Waals surface area contributed by atoms with Gasteiger partial charge in [-0.15, -0.1) is 24.0 Å². The van der Waals surface area contributed by atoms with E-state index < -0.39 is 0 Å². The van der Waals surface area contributed by atoms with Crippen LogP contribution in [0.4, 0.5) is 0 Å². The molecule has 1 N–H and O–H groups in total. The van der Waals surface area contributed by atoms with Crippen LogP contribution in [-0.2, 0) is 11.3 Å². The summed E-state index contributed by atoms with van der Waals surface area (Å²) in [7, 11) is 3.54. The molecule has 1 aromatic carbocycles. The second kappa shape index (κ2) is 12.4. The smallest absolute Gasteiger partial charge is 0.243 e. The first kappa shape index (κ1) is 25.6. The molecule has 0 bridgehead atoms. The molecule has 0 aromatic heterocycles. The van der Waals surface area contributed by atoms with Gasteiger partial charge < -0.3 is 15.1 Å². The second-order valence-electron chi connectivity index (χ2n) is 8.90. The molecular weight excluding hydrogens is 501 g/mol. The first-order valence-corrected chi connectivity index (χ1v) is 11.1. The van der Waals surface area contributed by atoms with Gasteiger partial charge in [0.15, 0.2) is 5.96 Å². The summed E-state index contributed by atoms with van der Waals surface area (Å²) in [6, 6.07) is 11.4. The Morgan fingerprint density at radius 3 is 2.65 bits per heavy atom. The van der Waals surface area contributed by atoms with Crippen molar-refractivity contribution >= 4 is 35.8 Å². The number of halogens is 1. The monoisotopic (exact) mass is 539 g/mol. The Bertz CT molecular complexity index is 752. The lowest BCUT2D eigenvalue weighted by atomic mass is 9.83. The third-order valence-electron chi connectivity index (χ3n) is 6.12. The van der Waals surface area contributed by atoms with Gasteiger partial charge in [-0.05, 0) is 44.2 Å². The van der Waals surface area contributed by atoms with Gasteiger partial charge in [0.1, 0.15) is 6.54 Å². The van der Waals surface area contributed by atoms with Crippen molar-refractivity contribution in [1.29, 1.82) is 0 Å². The van der Waals surface area contributed by atoms with Crippen molar-refractivity contribution in [1.82, 2.24) is 20.0 Å². The zero-order valence-corrected chi connectivity index (χ0v) is 21.5. The van der Waals surface area contributed by atoms with E-state index in [9.17, 15) is 4.79 Å². The van der Waals surface area contributed by atoms with Crippen molar-refractivity contribution in [3.63, 3.8) is 0 Å². The maximum Gasteiger partial charge on any atom is 0.243 e. The van der Waals surface area contributed by atoms with Gasteiger partial charge in [0.25, 0.3) is 0 Å². The van der Waals surface area contributed by atoms with Crippen LogP contribution >= 0.6 is 24.0 Å². The fraction of sp³-hybridized carbons (Fsp3) is 0.583. The Balaban J connectivity index is 0.00000341. The summed E-state index contributed by atoms with van der Waals surface area (Å²) in [5.41, 5.74) is 2.45. The van der Waals surface area contributed by atoms with Crippen LogP contribution in [0.15, 0.2) is 47.5 Å². The van der Waals surface area contributed by atoms with E-state index in [1.165, 1.54) is 24.9 Å².